The van der Waals surface area contributed by atoms with Crippen LogP contribution in [0.3, 0.4) is 0 Å². The molecule has 0 fully saturated rings. The highest BCUT2D eigenvalue weighted by Gasteiger charge is 2.28. The molecule has 0 spiro atoms. The van der Waals surface area contributed by atoms with Crippen LogP contribution >= 0.6 is 0 Å². The van der Waals surface area contributed by atoms with Gasteiger partial charge in [0, 0.05) is 40.1 Å². The molecule has 8 heteroatoms. The van der Waals surface area contributed by atoms with Crippen LogP contribution in [0.4, 0.5) is 5.69 Å². The van der Waals surface area contributed by atoms with E-state index in [9.17, 15) is 19.2 Å². The third-order valence-corrected chi connectivity index (χ3v) is 5.53. The molecule has 0 radical (unpaired) electrons. The topological polar surface area (TPSA) is 108 Å². The lowest BCUT2D eigenvalue weighted by Crippen LogP contribution is -2.35. The van der Waals surface area contributed by atoms with Crippen LogP contribution in [0.5, 0.6) is 11.5 Å². The van der Waals surface area contributed by atoms with Gasteiger partial charge in [0.25, 0.3) is 5.91 Å². The molecule has 2 aromatic carbocycles. The number of aromatic hydroxyl groups is 1. The van der Waals surface area contributed by atoms with E-state index in [4.69, 9.17) is 4.74 Å². The van der Waals surface area contributed by atoms with Crippen LogP contribution in [0.1, 0.15) is 25.0 Å². The summed E-state index contributed by atoms with van der Waals surface area (Å²) in [6.45, 7) is 4.45. The Morgan fingerprint density at radius 1 is 1.27 bits per heavy atom. The van der Waals surface area contributed by atoms with Crippen molar-refractivity contribution in [3.63, 3.8) is 0 Å². The standard InChI is InChI=1S/C22H26N2O5S/c1-13(2)23-11-15(25)12-29-20-6-4-5-18-21(20)17(22(27)24-18)9-14-7-8-16(30(3)28)10-19(14)26/h4-10,13,15,23,25-26H,11-12H2,1-3H3,(H,24,27). The van der Waals surface area contributed by atoms with Gasteiger partial charge < -0.3 is 25.6 Å². The van der Waals surface area contributed by atoms with Crippen molar-refractivity contribution >= 4 is 34.0 Å². The van der Waals surface area contributed by atoms with Gasteiger partial charge in [0.15, 0.2) is 0 Å². The molecule has 1 amide bonds. The van der Waals surface area contributed by atoms with Gasteiger partial charge in [-0.3, -0.25) is 9.00 Å². The van der Waals surface area contributed by atoms with Crippen LogP contribution in [0.15, 0.2) is 41.3 Å². The fourth-order valence-electron chi connectivity index (χ4n) is 3.07. The number of amides is 1. The van der Waals surface area contributed by atoms with Gasteiger partial charge in [-0.2, -0.15) is 0 Å². The second-order valence-electron chi connectivity index (χ2n) is 7.39. The number of benzene rings is 2. The largest absolute Gasteiger partial charge is 0.507 e. The third-order valence-electron chi connectivity index (χ3n) is 4.62. The minimum absolute atomic E-state index is 0.0648. The predicted octanol–water partition coefficient (Wildman–Crippen LogP) is 2.36. The second-order valence-corrected chi connectivity index (χ2v) is 8.77. The highest BCUT2D eigenvalue weighted by molar-refractivity contribution is 7.84. The Labute approximate surface area is 178 Å². The fourth-order valence-corrected chi connectivity index (χ4v) is 3.61. The Kier molecular flexibility index (Phi) is 6.91. The lowest BCUT2D eigenvalue weighted by Gasteiger charge is -2.16. The Hall–Kier alpha value is -2.68. The maximum atomic E-state index is 12.6. The molecule has 30 heavy (non-hydrogen) atoms. The third kappa shape index (κ3) is 5.08. The number of rotatable bonds is 8. The number of aliphatic hydroxyl groups is 1. The predicted molar refractivity (Wildman–Crippen MR) is 118 cm³/mol. The van der Waals surface area contributed by atoms with Gasteiger partial charge in [-0.1, -0.05) is 26.0 Å². The zero-order valence-corrected chi connectivity index (χ0v) is 18.0. The summed E-state index contributed by atoms with van der Waals surface area (Å²) in [4.78, 5) is 13.1. The quantitative estimate of drug-likeness (QED) is 0.479. The normalized spacial score (nSPS) is 16.4. The van der Waals surface area contributed by atoms with Crippen molar-refractivity contribution in [1.82, 2.24) is 5.32 Å². The molecule has 1 aliphatic heterocycles. The molecular weight excluding hydrogens is 404 g/mol. The van der Waals surface area contributed by atoms with Gasteiger partial charge in [0.1, 0.15) is 24.2 Å². The Bertz CT molecular complexity index is 1000. The SMILES string of the molecule is CC(C)NCC(O)COc1cccc2c1C(=Cc1ccc(S(C)=O)cc1O)C(=O)N2. The first-order valence-corrected chi connectivity index (χ1v) is 11.2. The van der Waals surface area contributed by atoms with Gasteiger partial charge in [0.05, 0.1) is 16.8 Å². The van der Waals surface area contributed by atoms with Crippen molar-refractivity contribution in [3.05, 3.63) is 47.5 Å². The van der Waals surface area contributed by atoms with Crippen LogP contribution in [-0.2, 0) is 15.6 Å². The summed E-state index contributed by atoms with van der Waals surface area (Å²) >= 11 is 0. The summed E-state index contributed by atoms with van der Waals surface area (Å²) in [6, 6.07) is 10.2. The average Bonchev–Trinajstić information content (AvgIpc) is 3.01. The molecule has 3 rings (SSSR count). The van der Waals surface area contributed by atoms with Crippen molar-refractivity contribution < 1.29 is 24.0 Å². The van der Waals surface area contributed by atoms with E-state index < -0.39 is 16.9 Å². The van der Waals surface area contributed by atoms with Crippen LogP contribution in [-0.4, -0.2) is 51.9 Å². The average molecular weight is 431 g/mol. The van der Waals surface area contributed by atoms with E-state index in [1.165, 1.54) is 12.3 Å². The fraction of sp³-hybridized carbons (Fsp3) is 0.318. The van der Waals surface area contributed by atoms with Crippen LogP contribution < -0.4 is 15.4 Å². The number of anilines is 1. The highest BCUT2D eigenvalue weighted by atomic mass is 32.2. The summed E-state index contributed by atoms with van der Waals surface area (Å²) in [5, 5.41) is 26.4. The number of carbonyl (C=O) groups is 1. The van der Waals surface area contributed by atoms with Crippen LogP contribution in [0, 0.1) is 0 Å². The van der Waals surface area contributed by atoms with Gasteiger partial charge in [-0.25, -0.2) is 0 Å². The molecule has 2 aromatic rings. The zero-order chi connectivity index (χ0) is 21.8. The molecular formula is C22H26N2O5S. The molecule has 7 nitrogen and oxygen atoms in total. The van der Waals surface area contributed by atoms with Crippen molar-refractivity contribution in [2.24, 2.45) is 0 Å². The number of fused-ring (bicyclic) bond motifs is 1. The maximum absolute atomic E-state index is 12.6. The molecule has 160 valence electrons. The summed E-state index contributed by atoms with van der Waals surface area (Å²) in [6.07, 6.45) is 2.40. The van der Waals surface area contributed by atoms with Crippen molar-refractivity contribution in [2.45, 2.75) is 30.9 Å². The van der Waals surface area contributed by atoms with E-state index in [-0.39, 0.29) is 24.3 Å². The first-order chi connectivity index (χ1) is 14.3. The monoisotopic (exact) mass is 430 g/mol. The lowest BCUT2D eigenvalue weighted by molar-refractivity contribution is -0.110. The molecule has 0 aliphatic carbocycles. The number of phenols is 1. The van der Waals surface area contributed by atoms with E-state index in [0.717, 1.165) is 0 Å². The van der Waals surface area contributed by atoms with E-state index in [1.54, 1.807) is 36.4 Å². The van der Waals surface area contributed by atoms with Crippen LogP contribution in [0.25, 0.3) is 11.6 Å². The number of ether oxygens (including phenoxy) is 1. The summed E-state index contributed by atoms with van der Waals surface area (Å²) in [7, 11) is -1.22. The van der Waals surface area contributed by atoms with Gasteiger partial charge in [-0.15, -0.1) is 0 Å². The minimum atomic E-state index is -1.22. The number of hydrogen-bond acceptors (Lipinski definition) is 6. The molecule has 0 aromatic heterocycles. The molecule has 0 bridgehead atoms. The molecule has 1 heterocycles. The molecule has 2 unspecified atom stereocenters. The number of carbonyl (C=O) groups excluding carboxylic acids is 1. The first kappa shape index (κ1) is 22.0. The molecule has 4 N–H and O–H groups in total. The molecule has 0 saturated heterocycles. The van der Waals surface area contributed by atoms with Gasteiger partial charge >= 0.3 is 0 Å². The van der Waals surface area contributed by atoms with E-state index in [0.29, 0.717) is 39.6 Å². The molecule has 0 saturated carbocycles. The molecule has 2 atom stereocenters. The van der Waals surface area contributed by atoms with Gasteiger partial charge in [-0.05, 0) is 30.3 Å². The Balaban J connectivity index is 1.88. The minimum Gasteiger partial charge on any atom is -0.507 e. The van der Waals surface area contributed by atoms with Crippen molar-refractivity contribution in [1.29, 1.82) is 0 Å². The number of hydrogen-bond donors (Lipinski definition) is 4. The van der Waals surface area contributed by atoms with Crippen molar-refractivity contribution in [2.75, 3.05) is 24.7 Å². The van der Waals surface area contributed by atoms with Crippen LogP contribution in [0.2, 0.25) is 0 Å². The smallest absolute Gasteiger partial charge is 0.256 e. The molecule has 1 aliphatic rings. The first-order valence-electron chi connectivity index (χ1n) is 9.63. The second kappa shape index (κ2) is 9.42. The number of nitrogens with one attached hydrogen (secondary N) is 2. The number of aliphatic hydroxyl groups excluding tert-OH is 1. The Morgan fingerprint density at radius 2 is 2.03 bits per heavy atom. The number of phenolic OH excluding ortho intramolecular Hbond substituents is 1. The van der Waals surface area contributed by atoms with E-state index >= 15 is 0 Å². The van der Waals surface area contributed by atoms with E-state index in [1.807, 2.05) is 13.8 Å². The lowest BCUT2D eigenvalue weighted by atomic mass is 10.0. The highest BCUT2D eigenvalue weighted by Crippen LogP contribution is 2.40. The van der Waals surface area contributed by atoms with E-state index in [2.05, 4.69) is 10.6 Å². The van der Waals surface area contributed by atoms with Gasteiger partial charge in [0.2, 0.25) is 0 Å². The van der Waals surface area contributed by atoms with Crippen molar-refractivity contribution in [3.8, 4) is 11.5 Å². The maximum Gasteiger partial charge on any atom is 0.256 e. The summed E-state index contributed by atoms with van der Waals surface area (Å²) < 4.78 is 17.4. The Morgan fingerprint density at radius 3 is 2.70 bits per heavy atom. The summed E-state index contributed by atoms with van der Waals surface area (Å²) in [5.41, 5.74) is 1.95. The zero-order valence-electron chi connectivity index (χ0n) is 17.1. The summed E-state index contributed by atoms with van der Waals surface area (Å²) in [5.74, 6) is 0.0853.